The second kappa shape index (κ2) is 10.3. The molecule has 1 saturated heterocycles. The van der Waals surface area contributed by atoms with E-state index in [1.54, 1.807) is 24.3 Å². The first kappa shape index (κ1) is 23.9. The van der Waals surface area contributed by atoms with Crippen molar-refractivity contribution in [3.8, 4) is 0 Å². The van der Waals surface area contributed by atoms with E-state index in [4.69, 9.17) is 0 Å². The topological polar surface area (TPSA) is 95.6 Å². The highest BCUT2D eigenvalue weighted by molar-refractivity contribution is 7.89. The molecule has 32 heavy (non-hydrogen) atoms. The van der Waals surface area contributed by atoms with Gasteiger partial charge in [0.15, 0.2) is 0 Å². The van der Waals surface area contributed by atoms with Crippen molar-refractivity contribution in [1.29, 1.82) is 0 Å². The molecule has 7 nitrogen and oxygen atoms in total. The molecule has 0 radical (unpaired) electrons. The number of rotatable bonds is 7. The number of piperidine rings is 1. The van der Waals surface area contributed by atoms with Crippen molar-refractivity contribution < 1.29 is 18.0 Å². The van der Waals surface area contributed by atoms with Gasteiger partial charge in [0.25, 0.3) is 5.91 Å². The van der Waals surface area contributed by atoms with E-state index in [0.29, 0.717) is 17.8 Å². The molecule has 8 heteroatoms. The van der Waals surface area contributed by atoms with Gasteiger partial charge in [-0.3, -0.25) is 9.59 Å². The van der Waals surface area contributed by atoms with E-state index in [0.717, 1.165) is 24.8 Å². The van der Waals surface area contributed by atoms with Crippen molar-refractivity contribution in [2.45, 2.75) is 57.5 Å². The summed E-state index contributed by atoms with van der Waals surface area (Å²) in [5.41, 5.74) is 1.87. The maximum Gasteiger partial charge on any atom is 0.251 e. The van der Waals surface area contributed by atoms with E-state index in [-0.39, 0.29) is 35.2 Å². The Morgan fingerprint density at radius 3 is 2.47 bits per heavy atom. The monoisotopic (exact) mass is 457 g/mol. The highest BCUT2D eigenvalue weighted by Gasteiger charge is 2.31. The third-order valence-electron chi connectivity index (χ3n) is 5.64. The van der Waals surface area contributed by atoms with Crippen LogP contribution in [0.4, 0.5) is 5.69 Å². The van der Waals surface area contributed by atoms with Crippen LogP contribution in [-0.2, 0) is 21.4 Å². The first-order chi connectivity index (χ1) is 15.2. The van der Waals surface area contributed by atoms with Gasteiger partial charge in [0.05, 0.1) is 4.90 Å². The number of carbonyl (C=O) groups is 2. The Balaban J connectivity index is 1.64. The van der Waals surface area contributed by atoms with Gasteiger partial charge >= 0.3 is 0 Å². The molecule has 2 aromatic rings. The number of amides is 2. The highest BCUT2D eigenvalue weighted by Crippen LogP contribution is 2.25. The zero-order chi connectivity index (χ0) is 23.3. The largest absolute Gasteiger partial charge is 0.348 e. The minimum Gasteiger partial charge on any atom is -0.348 e. The Kier molecular flexibility index (Phi) is 7.69. The summed E-state index contributed by atoms with van der Waals surface area (Å²) >= 11 is 0. The van der Waals surface area contributed by atoms with E-state index in [2.05, 4.69) is 10.6 Å². The molecule has 1 aliphatic heterocycles. The Bertz CT molecular complexity index is 1060. The van der Waals surface area contributed by atoms with E-state index < -0.39 is 10.0 Å². The van der Waals surface area contributed by atoms with Gasteiger partial charge in [-0.25, -0.2) is 8.42 Å². The van der Waals surface area contributed by atoms with Crippen LogP contribution in [0.2, 0.25) is 0 Å². The maximum absolute atomic E-state index is 13.1. The molecular formula is C24H31N3O4S. The van der Waals surface area contributed by atoms with Gasteiger partial charge in [0.1, 0.15) is 0 Å². The fourth-order valence-corrected chi connectivity index (χ4v) is 5.38. The lowest BCUT2D eigenvalue weighted by Crippen LogP contribution is -2.42. The molecule has 0 bridgehead atoms. The molecule has 172 valence electrons. The maximum atomic E-state index is 13.1. The van der Waals surface area contributed by atoms with Crippen LogP contribution in [0, 0.1) is 5.92 Å². The minimum absolute atomic E-state index is 0.0421. The lowest BCUT2D eigenvalue weighted by Gasteiger charge is -2.32. The molecule has 1 atom stereocenters. The number of sulfonamides is 1. The molecule has 0 spiro atoms. The summed E-state index contributed by atoms with van der Waals surface area (Å²) in [6.07, 6.45) is 2.73. The molecule has 0 aromatic heterocycles. The first-order valence-corrected chi connectivity index (χ1v) is 12.4. The fourth-order valence-electron chi connectivity index (χ4n) is 3.64. The summed E-state index contributed by atoms with van der Waals surface area (Å²) in [4.78, 5) is 24.6. The molecule has 1 heterocycles. The normalized spacial score (nSPS) is 17.2. The molecule has 2 amide bonds. The van der Waals surface area contributed by atoms with E-state index >= 15 is 0 Å². The third-order valence-corrected chi connectivity index (χ3v) is 7.65. The Labute approximate surface area is 190 Å². The first-order valence-electron chi connectivity index (χ1n) is 11.0. The van der Waals surface area contributed by atoms with E-state index in [1.807, 2.05) is 32.9 Å². The van der Waals surface area contributed by atoms with Gasteiger partial charge in [-0.1, -0.05) is 38.5 Å². The van der Waals surface area contributed by atoms with Crippen molar-refractivity contribution in [2.24, 2.45) is 5.92 Å². The fraction of sp³-hybridized carbons (Fsp3) is 0.417. The van der Waals surface area contributed by atoms with Crippen molar-refractivity contribution >= 4 is 27.5 Å². The summed E-state index contributed by atoms with van der Waals surface area (Å²) in [7, 11) is -3.64. The van der Waals surface area contributed by atoms with Crippen LogP contribution < -0.4 is 10.6 Å². The highest BCUT2D eigenvalue weighted by atomic mass is 32.2. The second-order valence-electron chi connectivity index (χ2n) is 8.51. The quantitative estimate of drug-likeness (QED) is 0.662. The Morgan fingerprint density at radius 1 is 1.09 bits per heavy atom. The Morgan fingerprint density at radius 2 is 1.81 bits per heavy atom. The number of hydrogen-bond donors (Lipinski definition) is 2. The molecule has 0 aliphatic carbocycles. The lowest BCUT2D eigenvalue weighted by molar-refractivity contribution is -0.118. The van der Waals surface area contributed by atoms with E-state index in [1.165, 1.54) is 16.4 Å². The van der Waals surface area contributed by atoms with Crippen LogP contribution in [0.3, 0.4) is 0 Å². The number of benzene rings is 2. The number of nitrogens with one attached hydrogen (secondary N) is 2. The zero-order valence-corrected chi connectivity index (χ0v) is 19.6. The van der Waals surface area contributed by atoms with Crippen LogP contribution in [0.25, 0.3) is 0 Å². The van der Waals surface area contributed by atoms with Gasteiger partial charge in [-0.15, -0.1) is 0 Å². The lowest BCUT2D eigenvalue weighted by atomic mass is 10.1. The average Bonchev–Trinajstić information content (AvgIpc) is 2.78. The average molecular weight is 458 g/mol. The predicted molar refractivity (Wildman–Crippen MR) is 125 cm³/mol. The van der Waals surface area contributed by atoms with Crippen LogP contribution in [-0.4, -0.2) is 37.1 Å². The predicted octanol–water partition coefficient (Wildman–Crippen LogP) is 3.77. The zero-order valence-electron chi connectivity index (χ0n) is 18.8. The summed E-state index contributed by atoms with van der Waals surface area (Å²) < 4.78 is 27.7. The number of anilines is 1. The molecule has 2 N–H and O–H groups in total. The summed E-state index contributed by atoms with van der Waals surface area (Å²) in [6, 6.07) is 13.4. The van der Waals surface area contributed by atoms with Crippen LogP contribution in [0.15, 0.2) is 53.4 Å². The molecule has 1 fully saturated rings. The molecule has 2 aromatic carbocycles. The van der Waals surface area contributed by atoms with Gasteiger partial charge < -0.3 is 10.6 Å². The van der Waals surface area contributed by atoms with Gasteiger partial charge in [-0.05, 0) is 55.7 Å². The van der Waals surface area contributed by atoms with Crippen molar-refractivity contribution in [3.05, 3.63) is 59.7 Å². The number of carbonyl (C=O) groups excluding carboxylic acids is 2. The van der Waals surface area contributed by atoms with Gasteiger partial charge in [0.2, 0.25) is 15.9 Å². The minimum atomic E-state index is -3.64. The number of nitrogens with zero attached hydrogens (tertiary/aromatic N) is 1. The van der Waals surface area contributed by atoms with Crippen LogP contribution in [0.5, 0.6) is 0 Å². The summed E-state index contributed by atoms with van der Waals surface area (Å²) in [6.45, 7) is 6.37. The third kappa shape index (κ3) is 5.75. The van der Waals surface area contributed by atoms with E-state index in [9.17, 15) is 18.0 Å². The standard InChI is InChI=1S/C24H31N3O4S/c1-17(2)23(28)26-21-12-10-19(11-13-21)16-25-24(29)20-8-6-9-22(15-20)32(30,31)27-14-5-4-7-18(27)3/h6,8-13,15,17-18H,4-5,7,14,16H2,1-3H3,(H,25,29)(H,26,28). The van der Waals surface area contributed by atoms with Gasteiger partial charge in [0, 0.05) is 36.3 Å². The summed E-state index contributed by atoms with van der Waals surface area (Å²) in [5, 5.41) is 5.65. The van der Waals surface area contributed by atoms with Crippen LogP contribution >= 0.6 is 0 Å². The molecular weight excluding hydrogens is 426 g/mol. The van der Waals surface area contributed by atoms with Crippen molar-refractivity contribution in [3.63, 3.8) is 0 Å². The number of hydrogen-bond acceptors (Lipinski definition) is 4. The SMILES string of the molecule is CC(C)C(=O)Nc1ccc(CNC(=O)c2cccc(S(=O)(=O)N3CCCCC3C)c2)cc1. The molecule has 0 saturated carbocycles. The smallest absolute Gasteiger partial charge is 0.251 e. The summed E-state index contributed by atoms with van der Waals surface area (Å²) in [5.74, 6) is -0.502. The molecule has 3 rings (SSSR count). The van der Waals surface area contributed by atoms with Gasteiger partial charge in [-0.2, -0.15) is 4.31 Å². The molecule has 1 aliphatic rings. The van der Waals surface area contributed by atoms with Crippen molar-refractivity contribution in [1.82, 2.24) is 9.62 Å². The van der Waals surface area contributed by atoms with Crippen LogP contribution in [0.1, 0.15) is 56.0 Å². The molecule has 1 unspecified atom stereocenters. The van der Waals surface area contributed by atoms with Crippen molar-refractivity contribution in [2.75, 3.05) is 11.9 Å². The second-order valence-corrected chi connectivity index (χ2v) is 10.4. The Hall–Kier alpha value is -2.71.